The van der Waals surface area contributed by atoms with E-state index < -0.39 is 0 Å². The summed E-state index contributed by atoms with van der Waals surface area (Å²) in [4.78, 5) is 4.59. The van der Waals surface area contributed by atoms with E-state index in [2.05, 4.69) is 20.8 Å². The van der Waals surface area contributed by atoms with Crippen LogP contribution in [-0.4, -0.2) is 13.4 Å². The summed E-state index contributed by atoms with van der Waals surface area (Å²) >= 11 is 3.50. The van der Waals surface area contributed by atoms with Gasteiger partial charge in [0.2, 0.25) is 0 Å². The van der Waals surface area contributed by atoms with Gasteiger partial charge in [0.15, 0.2) is 6.79 Å². The van der Waals surface area contributed by atoms with Crippen molar-refractivity contribution < 1.29 is 14.3 Å². The van der Waals surface area contributed by atoms with Crippen molar-refractivity contribution in [2.45, 2.75) is 13.0 Å². The molecule has 1 aliphatic rings. The van der Waals surface area contributed by atoms with Crippen molar-refractivity contribution >= 4 is 15.9 Å². The van der Waals surface area contributed by atoms with Gasteiger partial charge in [0.1, 0.15) is 5.75 Å². The molecule has 15 heavy (non-hydrogen) atoms. The van der Waals surface area contributed by atoms with Crippen LogP contribution in [0.25, 0.3) is 0 Å². The van der Waals surface area contributed by atoms with E-state index in [1.807, 2.05) is 12.1 Å². The topological polar surface area (TPSA) is 53.7 Å². The van der Waals surface area contributed by atoms with Gasteiger partial charge in [-0.05, 0) is 24.1 Å². The molecule has 0 bridgehead atoms. The molecule has 1 aromatic rings. The van der Waals surface area contributed by atoms with Crippen LogP contribution in [0, 0.1) is 0 Å². The molecule has 2 N–H and O–H groups in total. The van der Waals surface area contributed by atoms with Crippen LogP contribution >= 0.6 is 15.9 Å². The smallest absolute Gasteiger partial charge is 0.189 e. The summed E-state index contributed by atoms with van der Waals surface area (Å²) in [5.41, 5.74) is 2.21. The van der Waals surface area contributed by atoms with Crippen LogP contribution in [0.4, 0.5) is 0 Å². The SMILES string of the molecule is NOCCc1c(Br)ccc2c1COCO2. The summed E-state index contributed by atoms with van der Waals surface area (Å²) in [7, 11) is 0. The minimum absolute atomic E-state index is 0.321. The van der Waals surface area contributed by atoms with E-state index in [0.29, 0.717) is 20.0 Å². The maximum atomic E-state index is 5.38. The molecule has 0 radical (unpaired) electrons. The van der Waals surface area contributed by atoms with Gasteiger partial charge in [-0.3, -0.25) is 0 Å². The number of fused-ring (bicyclic) bond motifs is 1. The average Bonchev–Trinajstić information content (AvgIpc) is 2.28. The second kappa shape index (κ2) is 4.94. The van der Waals surface area contributed by atoms with Crippen LogP contribution in [0.3, 0.4) is 0 Å². The molecule has 0 aromatic heterocycles. The van der Waals surface area contributed by atoms with Crippen LogP contribution in [0.15, 0.2) is 16.6 Å². The fourth-order valence-corrected chi connectivity index (χ4v) is 2.19. The number of hydrogen-bond donors (Lipinski definition) is 1. The summed E-state index contributed by atoms with van der Waals surface area (Å²) in [6.45, 7) is 1.38. The van der Waals surface area contributed by atoms with Crippen LogP contribution < -0.4 is 10.6 Å². The van der Waals surface area contributed by atoms with Crippen molar-refractivity contribution in [3.63, 3.8) is 0 Å². The van der Waals surface area contributed by atoms with Crippen LogP contribution in [0.5, 0.6) is 5.75 Å². The molecular formula is C10H12BrNO3. The molecule has 0 saturated carbocycles. The molecule has 4 nitrogen and oxygen atoms in total. The zero-order chi connectivity index (χ0) is 10.7. The van der Waals surface area contributed by atoms with Crippen LogP contribution in [-0.2, 0) is 22.6 Å². The lowest BCUT2D eigenvalue weighted by molar-refractivity contribution is -0.0170. The van der Waals surface area contributed by atoms with E-state index in [-0.39, 0.29) is 0 Å². The van der Waals surface area contributed by atoms with Crippen molar-refractivity contribution in [2.24, 2.45) is 5.90 Å². The van der Waals surface area contributed by atoms with Gasteiger partial charge in [0.05, 0.1) is 13.2 Å². The Kier molecular flexibility index (Phi) is 3.58. The summed E-state index contributed by atoms with van der Waals surface area (Å²) in [6.07, 6.45) is 0.743. The first-order valence-corrected chi connectivity index (χ1v) is 5.44. The Labute approximate surface area is 96.4 Å². The number of rotatable bonds is 3. The molecule has 0 fully saturated rings. The number of nitrogens with two attached hydrogens (primary N) is 1. The highest BCUT2D eigenvalue weighted by molar-refractivity contribution is 9.10. The minimum atomic E-state index is 0.321. The summed E-state index contributed by atoms with van der Waals surface area (Å²) in [5, 5.41) is 0. The van der Waals surface area contributed by atoms with Gasteiger partial charge in [-0.25, -0.2) is 5.90 Å². The number of halogens is 1. The standard InChI is InChI=1S/C10H12BrNO3/c11-9-1-2-10-8(5-13-6-14-10)7(9)3-4-15-12/h1-2H,3-6,12H2. The molecule has 5 heteroatoms. The first kappa shape index (κ1) is 10.9. The third-order valence-electron chi connectivity index (χ3n) is 2.35. The van der Waals surface area contributed by atoms with Crippen molar-refractivity contribution in [2.75, 3.05) is 13.4 Å². The minimum Gasteiger partial charge on any atom is -0.467 e. The molecule has 2 rings (SSSR count). The predicted molar refractivity (Wildman–Crippen MR) is 58.3 cm³/mol. The molecular weight excluding hydrogens is 262 g/mol. The Morgan fingerprint density at radius 2 is 2.33 bits per heavy atom. The molecule has 82 valence electrons. The maximum Gasteiger partial charge on any atom is 0.189 e. The Balaban J connectivity index is 2.32. The Morgan fingerprint density at radius 1 is 1.47 bits per heavy atom. The Bertz CT molecular complexity index is 357. The number of ether oxygens (including phenoxy) is 2. The first-order valence-electron chi connectivity index (χ1n) is 4.65. The zero-order valence-corrected chi connectivity index (χ0v) is 9.75. The lowest BCUT2D eigenvalue weighted by Gasteiger charge is -2.21. The van der Waals surface area contributed by atoms with E-state index >= 15 is 0 Å². The average molecular weight is 274 g/mol. The normalized spacial score (nSPS) is 14.5. The van der Waals surface area contributed by atoms with E-state index in [1.54, 1.807) is 0 Å². The summed E-state index contributed by atoms with van der Waals surface area (Å²) in [6, 6.07) is 3.91. The molecule has 1 aliphatic heterocycles. The van der Waals surface area contributed by atoms with Gasteiger partial charge >= 0.3 is 0 Å². The quantitative estimate of drug-likeness (QED) is 0.853. The van der Waals surface area contributed by atoms with Gasteiger partial charge in [0.25, 0.3) is 0 Å². The van der Waals surface area contributed by atoms with E-state index in [4.69, 9.17) is 15.4 Å². The number of hydrogen-bond acceptors (Lipinski definition) is 4. The van der Waals surface area contributed by atoms with Gasteiger partial charge < -0.3 is 14.3 Å². The fourth-order valence-electron chi connectivity index (χ4n) is 1.62. The van der Waals surface area contributed by atoms with Crippen LogP contribution in [0.2, 0.25) is 0 Å². The first-order chi connectivity index (χ1) is 7.33. The Hall–Kier alpha value is -0.620. The van der Waals surface area contributed by atoms with Gasteiger partial charge in [-0.1, -0.05) is 15.9 Å². The van der Waals surface area contributed by atoms with Crippen molar-refractivity contribution in [3.05, 3.63) is 27.7 Å². The van der Waals surface area contributed by atoms with Crippen LogP contribution in [0.1, 0.15) is 11.1 Å². The van der Waals surface area contributed by atoms with Gasteiger partial charge in [0, 0.05) is 10.0 Å². The third-order valence-corrected chi connectivity index (χ3v) is 3.09. The molecule has 0 unspecified atom stereocenters. The fraction of sp³-hybridized carbons (Fsp3) is 0.400. The second-order valence-corrected chi connectivity index (χ2v) is 4.09. The van der Waals surface area contributed by atoms with Crippen molar-refractivity contribution in [1.82, 2.24) is 0 Å². The van der Waals surface area contributed by atoms with E-state index in [9.17, 15) is 0 Å². The summed E-state index contributed by atoms with van der Waals surface area (Å²) < 4.78 is 11.7. The molecule has 1 aromatic carbocycles. The maximum absolute atomic E-state index is 5.38. The van der Waals surface area contributed by atoms with Crippen molar-refractivity contribution in [1.29, 1.82) is 0 Å². The number of benzene rings is 1. The molecule has 0 saturated heterocycles. The monoisotopic (exact) mass is 273 g/mol. The molecule has 0 spiro atoms. The van der Waals surface area contributed by atoms with E-state index in [0.717, 1.165) is 27.8 Å². The van der Waals surface area contributed by atoms with Gasteiger partial charge in [-0.2, -0.15) is 0 Å². The predicted octanol–water partition coefficient (Wildman–Crippen LogP) is 1.75. The highest BCUT2D eigenvalue weighted by atomic mass is 79.9. The van der Waals surface area contributed by atoms with Crippen molar-refractivity contribution in [3.8, 4) is 5.75 Å². The largest absolute Gasteiger partial charge is 0.467 e. The molecule has 0 amide bonds. The zero-order valence-electron chi connectivity index (χ0n) is 8.16. The molecule has 0 atom stereocenters. The lowest BCUT2D eigenvalue weighted by Crippen LogP contribution is -2.15. The lowest BCUT2D eigenvalue weighted by atomic mass is 10.0. The van der Waals surface area contributed by atoms with Gasteiger partial charge in [-0.15, -0.1) is 0 Å². The second-order valence-electron chi connectivity index (χ2n) is 3.23. The highest BCUT2D eigenvalue weighted by Crippen LogP contribution is 2.32. The van der Waals surface area contributed by atoms with E-state index in [1.165, 1.54) is 0 Å². The molecule has 0 aliphatic carbocycles. The Morgan fingerprint density at radius 3 is 3.13 bits per heavy atom. The third kappa shape index (κ3) is 2.31. The molecule has 1 heterocycles. The summed E-state index contributed by atoms with van der Waals surface area (Å²) in [5.74, 6) is 5.91. The highest BCUT2D eigenvalue weighted by Gasteiger charge is 2.16.